The van der Waals surface area contributed by atoms with E-state index in [0.29, 0.717) is 0 Å². The summed E-state index contributed by atoms with van der Waals surface area (Å²) in [6.07, 6.45) is 1.16. The summed E-state index contributed by atoms with van der Waals surface area (Å²) in [5.74, 6) is -0.198. The summed E-state index contributed by atoms with van der Waals surface area (Å²) in [6, 6.07) is 3.71. The van der Waals surface area contributed by atoms with Gasteiger partial charge >= 0.3 is 0 Å². The van der Waals surface area contributed by atoms with Crippen molar-refractivity contribution in [3.63, 3.8) is 0 Å². The summed E-state index contributed by atoms with van der Waals surface area (Å²) >= 11 is 1.47. The highest BCUT2D eigenvalue weighted by molar-refractivity contribution is 7.90. The van der Waals surface area contributed by atoms with Gasteiger partial charge in [-0.2, -0.15) is 0 Å². The molecule has 1 rings (SSSR count). The molecule has 5 heteroatoms. The number of hydrogen-bond acceptors (Lipinski definition) is 4. The van der Waals surface area contributed by atoms with E-state index < -0.39 is 15.9 Å². The van der Waals surface area contributed by atoms with Crippen LogP contribution >= 0.6 is 11.3 Å². The van der Waals surface area contributed by atoms with Crippen LogP contribution in [0.3, 0.4) is 0 Å². The van der Waals surface area contributed by atoms with Gasteiger partial charge in [-0.3, -0.25) is 0 Å². The molecule has 0 spiro atoms. The zero-order valence-corrected chi connectivity index (χ0v) is 9.86. The van der Waals surface area contributed by atoms with Gasteiger partial charge in [0.1, 0.15) is 15.9 Å². The first-order chi connectivity index (χ1) is 6.42. The Morgan fingerprint density at radius 1 is 1.50 bits per heavy atom. The van der Waals surface area contributed by atoms with E-state index in [1.165, 1.54) is 11.3 Å². The number of aliphatic hydroxyl groups is 1. The van der Waals surface area contributed by atoms with Gasteiger partial charge in [0.2, 0.25) is 0 Å². The Balaban J connectivity index is 2.74. The first-order valence-electron chi connectivity index (χ1n) is 4.36. The minimum atomic E-state index is -3.11. The Labute approximate surface area is 88.3 Å². The van der Waals surface area contributed by atoms with Gasteiger partial charge in [0.15, 0.2) is 0 Å². The van der Waals surface area contributed by atoms with Crippen molar-refractivity contribution in [2.24, 2.45) is 0 Å². The van der Waals surface area contributed by atoms with Gasteiger partial charge < -0.3 is 5.11 Å². The standard InChI is InChI=1S/C9H14O3S2/c1-3-7-4-5-9(13-7)8(10)6-14(2,11)12/h4-5,8,10H,3,6H2,1-2H3. The summed E-state index contributed by atoms with van der Waals surface area (Å²) < 4.78 is 21.9. The molecule has 0 fully saturated rings. The lowest BCUT2D eigenvalue weighted by atomic mass is 10.3. The van der Waals surface area contributed by atoms with Gasteiger partial charge in [-0.05, 0) is 18.6 Å². The Bertz CT molecular complexity index is 392. The summed E-state index contributed by atoms with van der Waals surface area (Å²) in [5.41, 5.74) is 0. The average molecular weight is 234 g/mol. The maximum atomic E-state index is 10.9. The Kier molecular flexibility index (Phi) is 3.69. The number of thiophene rings is 1. The Morgan fingerprint density at radius 3 is 2.57 bits per heavy atom. The van der Waals surface area contributed by atoms with Crippen molar-refractivity contribution in [1.82, 2.24) is 0 Å². The van der Waals surface area contributed by atoms with Crippen LogP contribution in [0.25, 0.3) is 0 Å². The van der Waals surface area contributed by atoms with Crippen molar-refractivity contribution >= 4 is 21.2 Å². The zero-order chi connectivity index (χ0) is 10.8. The lowest BCUT2D eigenvalue weighted by Gasteiger charge is -2.05. The van der Waals surface area contributed by atoms with Crippen LogP contribution in [0.2, 0.25) is 0 Å². The SMILES string of the molecule is CCc1ccc(C(O)CS(C)(=O)=O)s1. The summed E-state index contributed by atoms with van der Waals surface area (Å²) in [4.78, 5) is 1.89. The van der Waals surface area contributed by atoms with Gasteiger partial charge in [-0.15, -0.1) is 11.3 Å². The Hall–Kier alpha value is -0.390. The van der Waals surface area contributed by atoms with E-state index in [1.54, 1.807) is 6.07 Å². The lowest BCUT2D eigenvalue weighted by molar-refractivity contribution is 0.205. The van der Waals surface area contributed by atoms with E-state index >= 15 is 0 Å². The normalized spacial score (nSPS) is 14.2. The second-order valence-corrected chi connectivity index (χ2v) is 6.65. The fraction of sp³-hybridized carbons (Fsp3) is 0.556. The maximum absolute atomic E-state index is 10.9. The molecule has 0 amide bonds. The summed E-state index contributed by atoms with van der Waals surface area (Å²) in [6.45, 7) is 2.03. The zero-order valence-electron chi connectivity index (χ0n) is 8.23. The molecule has 0 aliphatic heterocycles. The quantitative estimate of drug-likeness (QED) is 0.856. The van der Waals surface area contributed by atoms with Crippen LogP contribution in [0.1, 0.15) is 22.8 Å². The second kappa shape index (κ2) is 4.42. The maximum Gasteiger partial charge on any atom is 0.150 e. The van der Waals surface area contributed by atoms with Crippen LogP contribution in [-0.2, 0) is 16.3 Å². The molecule has 1 atom stereocenters. The van der Waals surface area contributed by atoms with Gasteiger partial charge in [0, 0.05) is 16.0 Å². The van der Waals surface area contributed by atoms with Crippen molar-refractivity contribution in [3.05, 3.63) is 21.9 Å². The molecule has 0 aliphatic rings. The fourth-order valence-electron chi connectivity index (χ4n) is 1.13. The largest absolute Gasteiger partial charge is 0.387 e. The molecule has 80 valence electrons. The second-order valence-electron chi connectivity index (χ2n) is 3.27. The van der Waals surface area contributed by atoms with Crippen molar-refractivity contribution in [2.45, 2.75) is 19.4 Å². The first-order valence-corrected chi connectivity index (χ1v) is 7.24. The van der Waals surface area contributed by atoms with Crippen molar-refractivity contribution in [3.8, 4) is 0 Å². The van der Waals surface area contributed by atoms with Crippen LogP contribution in [0.5, 0.6) is 0 Å². The highest BCUT2D eigenvalue weighted by Crippen LogP contribution is 2.24. The molecule has 0 aromatic carbocycles. The molecule has 1 N–H and O–H groups in total. The molecule has 1 aromatic rings. The van der Waals surface area contributed by atoms with Gasteiger partial charge in [0.25, 0.3) is 0 Å². The average Bonchev–Trinajstić information content (AvgIpc) is 2.48. The molecule has 0 saturated carbocycles. The van der Waals surface area contributed by atoms with E-state index in [2.05, 4.69) is 0 Å². The molecule has 0 aliphatic carbocycles. The predicted molar refractivity (Wildman–Crippen MR) is 58.4 cm³/mol. The van der Waals surface area contributed by atoms with Crippen molar-refractivity contribution < 1.29 is 13.5 Å². The smallest absolute Gasteiger partial charge is 0.150 e. The molecule has 0 saturated heterocycles. The van der Waals surface area contributed by atoms with Crippen LogP contribution in [-0.4, -0.2) is 25.5 Å². The van der Waals surface area contributed by atoms with E-state index in [1.807, 2.05) is 13.0 Å². The molecular weight excluding hydrogens is 220 g/mol. The highest BCUT2D eigenvalue weighted by Gasteiger charge is 2.15. The van der Waals surface area contributed by atoms with Crippen LogP contribution in [0.4, 0.5) is 0 Å². The fourth-order valence-corrected chi connectivity index (χ4v) is 2.93. The minimum absolute atomic E-state index is 0.198. The van der Waals surface area contributed by atoms with Gasteiger partial charge in [-0.1, -0.05) is 6.92 Å². The number of sulfone groups is 1. The van der Waals surface area contributed by atoms with Crippen molar-refractivity contribution in [1.29, 1.82) is 0 Å². The number of aryl methyl sites for hydroxylation is 1. The van der Waals surface area contributed by atoms with E-state index in [9.17, 15) is 13.5 Å². The van der Waals surface area contributed by atoms with Crippen LogP contribution in [0.15, 0.2) is 12.1 Å². The molecule has 1 heterocycles. The number of rotatable bonds is 4. The van der Waals surface area contributed by atoms with E-state index in [-0.39, 0.29) is 5.75 Å². The Morgan fingerprint density at radius 2 is 2.14 bits per heavy atom. The third-order valence-electron chi connectivity index (χ3n) is 1.82. The third-order valence-corrected chi connectivity index (χ3v) is 4.07. The van der Waals surface area contributed by atoms with Crippen LogP contribution < -0.4 is 0 Å². The predicted octanol–water partition coefficient (Wildman–Crippen LogP) is 1.39. The summed E-state index contributed by atoms with van der Waals surface area (Å²) in [7, 11) is -3.11. The monoisotopic (exact) mass is 234 g/mol. The van der Waals surface area contributed by atoms with E-state index in [4.69, 9.17) is 0 Å². The molecule has 0 radical (unpaired) electrons. The lowest BCUT2D eigenvalue weighted by Crippen LogP contribution is -2.11. The minimum Gasteiger partial charge on any atom is -0.387 e. The molecular formula is C9H14O3S2. The molecule has 1 aromatic heterocycles. The van der Waals surface area contributed by atoms with Gasteiger partial charge in [-0.25, -0.2) is 8.42 Å². The van der Waals surface area contributed by atoms with Crippen molar-refractivity contribution in [2.75, 3.05) is 12.0 Å². The number of aliphatic hydroxyl groups excluding tert-OH is 1. The molecule has 14 heavy (non-hydrogen) atoms. The first kappa shape index (κ1) is 11.7. The summed E-state index contributed by atoms with van der Waals surface area (Å²) in [5, 5.41) is 9.60. The molecule has 3 nitrogen and oxygen atoms in total. The van der Waals surface area contributed by atoms with E-state index in [0.717, 1.165) is 22.4 Å². The topological polar surface area (TPSA) is 54.4 Å². The number of hydrogen-bond donors (Lipinski definition) is 1. The van der Waals surface area contributed by atoms with Gasteiger partial charge in [0.05, 0.1) is 5.75 Å². The van der Waals surface area contributed by atoms with Crippen LogP contribution in [0, 0.1) is 0 Å². The third kappa shape index (κ3) is 3.40. The molecule has 0 bridgehead atoms. The highest BCUT2D eigenvalue weighted by atomic mass is 32.2. The molecule has 1 unspecified atom stereocenters.